The van der Waals surface area contributed by atoms with Crippen molar-refractivity contribution in [3.05, 3.63) is 66.2 Å². The van der Waals surface area contributed by atoms with Crippen molar-refractivity contribution in [2.75, 3.05) is 24.6 Å². The van der Waals surface area contributed by atoms with Crippen LogP contribution in [0.3, 0.4) is 0 Å². The fourth-order valence-electron chi connectivity index (χ4n) is 3.28. The van der Waals surface area contributed by atoms with E-state index < -0.39 is 6.10 Å². The lowest BCUT2D eigenvalue weighted by Gasteiger charge is -2.29. The van der Waals surface area contributed by atoms with Crippen LogP contribution in [0.1, 0.15) is 11.7 Å². The first-order chi connectivity index (χ1) is 12.7. The van der Waals surface area contributed by atoms with Crippen LogP contribution in [0.2, 0.25) is 0 Å². The molecule has 1 unspecified atom stereocenters. The quantitative estimate of drug-likeness (QED) is 0.773. The number of hydrogen-bond acceptors (Lipinski definition) is 4. The van der Waals surface area contributed by atoms with Gasteiger partial charge in [-0.3, -0.25) is 4.79 Å². The molecule has 132 valence electrons. The summed E-state index contributed by atoms with van der Waals surface area (Å²) in [5.74, 6) is 1.62. The van der Waals surface area contributed by atoms with Crippen LogP contribution in [0.25, 0.3) is 22.2 Å². The lowest BCUT2D eigenvalue weighted by atomic mass is 9.99. The maximum atomic E-state index is 12.8. The second-order valence-electron chi connectivity index (χ2n) is 6.32. The van der Waals surface area contributed by atoms with Gasteiger partial charge in [0, 0.05) is 41.1 Å². The summed E-state index contributed by atoms with van der Waals surface area (Å²) < 4.78 is 0. The Kier molecular flexibility index (Phi) is 4.91. The lowest BCUT2D eigenvalue weighted by Crippen LogP contribution is -2.40. The topological polar surface area (TPSA) is 53.4 Å². The normalized spacial score (nSPS) is 15.8. The minimum atomic E-state index is -1.17. The Bertz CT molecular complexity index is 924. The van der Waals surface area contributed by atoms with Gasteiger partial charge in [0.25, 0.3) is 5.91 Å². The Morgan fingerprint density at radius 3 is 2.50 bits per heavy atom. The Balaban J connectivity index is 1.78. The first-order valence-corrected chi connectivity index (χ1v) is 9.89. The summed E-state index contributed by atoms with van der Waals surface area (Å²) in [7, 11) is 0. The molecule has 2 aromatic carbocycles. The van der Waals surface area contributed by atoms with Gasteiger partial charge >= 0.3 is 0 Å². The van der Waals surface area contributed by atoms with Crippen molar-refractivity contribution in [2.45, 2.75) is 6.10 Å². The van der Waals surface area contributed by atoms with Crippen molar-refractivity contribution in [3.8, 4) is 11.3 Å². The van der Waals surface area contributed by atoms with Crippen molar-refractivity contribution in [3.63, 3.8) is 0 Å². The molecule has 1 N–H and O–H groups in total. The van der Waals surface area contributed by atoms with Crippen molar-refractivity contribution in [2.24, 2.45) is 0 Å². The van der Waals surface area contributed by atoms with Gasteiger partial charge in [-0.1, -0.05) is 48.5 Å². The number of aliphatic hydroxyl groups is 1. The third-order valence-corrected chi connectivity index (χ3v) is 5.61. The van der Waals surface area contributed by atoms with E-state index >= 15 is 0 Å². The molecule has 26 heavy (non-hydrogen) atoms. The number of para-hydroxylation sites is 1. The largest absolute Gasteiger partial charge is 0.378 e. The van der Waals surface area contributed by atoms with Crippen LogP contribution in [0, 0.1) is 0 Å². The molecule has 1 amide bonds. The lowest BCUT2D eigenvalue weighted by molar-refractivity contribution is -0.140. The molecule has 0 bridgehead atoms. The average molecular weight is 364 g/mol. The molecule has 0 aliphatic carbocycles. The molecular formula is C21H20N2O2S. The van der Waals surface area contributed by atoms with E-state index in [2.05, 4.69) is 0 Å². The molecule has 3 aromatic rings. The van der Waals surface area contributed by atoms with E-state index in [1.165, 1.54) is 0 Å². The highest BCUT2D eigenvalue weighted by Gasteiger charge is 2.27. The van der Waals surface area contributed by atoms with Crippen LogP contribution in [0.4, 0.5) is 0 Å². The van der Waals surface area contributed by atoms with Crippen molar-refractivity contribution < 1.29 is 9.90 Å². The summed E-state index contributed by atoms with van der Waals surface area (Å²) in [6.07, 6.45) is -1.17. The second-order valence-corrected chi connectivity index (χ2v) is 7.54. The monoisotopic (exact) mass is 364 g/mol. The van der Waals surface area contributed by atoms with Crippen LogP contribution in [-0.2, 0) is 4.79 Å². The van der Waals surface area contributed by atoms with Gasteiger partial charge in [0.05, 0.1) is 11.2 Å². The standard InChI is InChI=1S/C21H20N2O2S/c24-20(21(25)23-10-12-26-13-11-23)17-14-19(15-6-2-1-3-7-15)22-18-9-5-4-8-16(17)18/h1-9,14,20,24H,10-13H2. The number of amides is 1. The van der Waals surface area contributed by atoms with E-state index in [1.807, 2.05) is 72.4 Å². The number of fused-ring (bicyclic) bond motifs is 1. The van der Waals surface area contributed by atoms with Gasteiger partial charge in [-0.25, -0.2) is 4.98 Å². The predicted molar refractivity (Wildman–Crippen MR) is 106 cm³/mol. The van der Waals surface area contributed by atoms with Gasteiger partial charge < -0.3 is 10.0 Å². The molecule has 4 nitrogen and oxygen atoms in total. The fourth-order valence-corrected chi connectivity index (χ4v) is 4.18. The summed E-state index contributed by atoms with van der Waals surface area (Å²) in [6, 6.07) is 19.3. The van der Waals surface area contributed by atoms with Crippen LogP contribution in [0.15, 0.2) is 60.7 Å². The molecule has 5 heteroatoms. The zero-order chi connectivity index (χ0) is 17.9. The number of nitrogens with zero attached hydrogens (tertiary/aromatic N) is 2. The minimum absolute atomic E-state index is 0.222. The number of hydrogen-bond donors (Lipinski definition) is 1. The first-order valence-electron chi connectivity index (χ1n) is 8.74. The fraction of sp³-hybridized carbons (Fsp3) is 0.238. The number of aromatic nitrogens is 1. The molecular weight excluding hydrogens is 344 g/mol. The van der Waals surface area contributed by atoms with Crippen LogP contribution in [0.5, 0.6) is 0 Å². The minimum Gasteiger partial charge on any atom is -0.378 e. The zero-order valence-corrected chi connectivity index (χ0v) is 15.2. The Hall–Kier alpha value is -2.37. The van der Waals surface area contributed by atoms with Crippen molar-refractivity contribution in [1.82, 2.24) is 9.88 Å². The van der Waals surface area contributed by atoms with E-state index in [-0.39, 0.29) is 5.91 Å². The van der Waals surface area contributed by atoms with Gasteiger partial charge in [0.1, 0.15) is 0 Å². The van der Waals surface area contributed by atoms with Crippen LogP contribution in [-0.4, -0.2) is 45.5 Å². The molecule has 1 saturated heterocycles. The Morgan fingerprint density at radius 1 is 1.04 bits per heavy atom. The van der Waals surface area contributed by atoms with Crippen LogP contribution >= 0.6 is 11.8 Å². The number of carbonyl (C=O) groups is 1. The summed E-state index contributed by atoms with van der Waals surface area (Å²) in [5, 5.41) is 11.7. The number of aliphatic hydroxyl groups excluding tert-OH is 1. The smallest absolute Gasteiger partial charge is 0.256 e. The molecule has 0 spiro atoms. The number of thioether (sulfide) groups is 1. The maximum Gasteiger partial charge on any atom is 0.256 e. The van der Waals surface area contributed by atoms with Gasteiger partial charge in [0.2, 0.25) is 0 Å². The molecule has 0 radical (unpaired) electrons. The highest BCUT2D eigenvalue weighted by Crippen LogP contribution is 2.30. The molecule has 0 saturated carbocycles. The molecule has 4 rings (SSSR count). The summed E-state index contributed by atoms with van der Waals surface area (Å²) in [4.78, 5) is 19.3. The van der Waals surface area contributed by atoms with E-state index in [4.69, 9.17) is 4.98 Å². The Morgan fingerprint density at radius 2 is 1.73 bits per heavy atom. The third-order valence-electron chi connectivity index (χ3n) is 4.67. The van der Waals surface area contributed by atoms with Crippen LogP contribution < -0.4 is 0 Å². The first kappa shape index (κ1) is 17.1. The number of benzene rings is 2. The number of rotatable bonds is 3. The maximum absolute atomic E-state index is 12.8. The van der Waals surface area contributed by atoms with E-state index in [9.17, 15) is 9.90 Å². The van der Waals surface area contributed by atoms with Crippen molar-refractivity contribution in [1.29, 1.82) is 0 Å². The highest BCUT2D eigenvalue weighted by molar-refractivity contribution is 7.99. The summed E-state index contributed by atoms with van der Waals surface area (Å²) >= 11 is 1.84. The van der Waals surface area contributed by atoms with E-state index in [0.29, 0.717) is 18.7 Å². The second kappa shape index (κ2) is 7.48. The van der Waals surface area contributed by atoms with Gasteiger partial charge in [-0.2, -0.15) is 11.8 Å². The Labute approximate surface area is 156 Å². The number of carbonyl (C=O) groups excluding carboxylic acids is 1. The highest BCUT2D eigenvalue weighted by atomic mass is 32.2. The average Bonchev–Trinajstić information content (AvgIpc) is 2.73. The van der Waals surface area contributed by atoms with Gasteiger partial charge in [-0.05, 0) is 12.1 Å². The van der Waals surface area contributed by atoms with Gasteiger partial charge in [-0.15, -0.1) is 0 Å². The predicted octanol–water partition coefficient (Wildman–Crippen LogP) is 3.51. The molecule has 1 fully saturated rings. The molecule has 2 heterocycles. The van der Waals surface area contributed by atoms with E-state index in [1.54, 1.807) is 4.90 Å². The zero-order valence-electron chi connectivity index (χ0n) is 14.3. The summed E-state index contributed by atoms with van der Waals surface area (Å²) in [6.45, 7) is 1.38. The van der Waals surface area contributed by atoms with Crippen molar-refractivity contribution >= 4 is 28.6 Å². The van der Waals surface area contributed by atoms with Gasteiger partial charge in [0.15, 0.2) is 6.10 Å². The molecule has 1 atom stereocenters. The molecule has 1 aliphatic heterocycles. The molecule has 1 aromatic heterocycles. The van der Waals surface area contributed by atoms with E-state index in [0.717, 1.165) is 33.7 Å². The third kappa shape index (κ3) is 3.32. The number of pyridine rings is 1. The molecule has 1 aliphatic rings. The SMILES string of the molecule is O=C(C(O)c1cc(-c2ccccc2)nc2ccccc12)N1CCSCC1. The summed E-state index contributed by atoms with van der Waals surface area (Å²) in [5.41, 5.74) is 3.14.